The number of hydrogen-bond acceptors (Lipinski definition) is 3. The average Bonchev–Trinajstić information content (AvgIpc) is 2.90. The zero-order valence-electron chi connectivity index (χ0n) is 10.9. The molecule has 0 radical (unpaired) electrons. The Balaban J connectivity index is 0.00000180. The number of hydrogen-bond donors (Lipinski definition) is 2. The van der Waals surface area contributed by atoms with Crippen LogP contribution in [0.25, 0.3) is 0 Å². The summed E-state index contributed by atoms with van der Waals surface area (Å²) in [6.45, 7) is 0.0288. The van der Waals surface area contributed by atoms with Crippen LogP contribution in [-0.2, 0) is 10.5 Å². The van der Waals surface area contributed by atoms with Crippen LogP contribution in [0.3, 0.4) is 0 Å². The van der Waals surface area contributed by atoms with E-state index >= 15 is 0 Å². The Labute approximate surface area is 125 Å². The summed E-state index contributed by atoms with van der Waals surface area (Å²) in [5.41, 5.74) is 7.39. The number of carbonyl (C=O) groups excluding carboxylic acids is 1. The number of benzene rings is 1. The van der Waals surface area contributed by atoms with E-state index in [1.807, 2.05) is 30.0 Å². The Morgan fingerprint density at radius 2 is 2.11 bits per heavy atom. The molecule has 5 heteroatoms. The number of rotatable bonds is 5. The van der Waals surface area contributed by atoms with Gasteiger partial charge in [0, 0.05) is 16.7 Å². The average molecular weight is 301 g/mol. The first-order chi connectivity index (χ1) is 8.78. The van der Waals surface area contributed by atoms with E-state index in [4.69, 9.17) is 5.73 Å². The van der Waals surface area contributed by atoms with Crippen LogP contribution in [0.1, 0.15) is 31.2 Å². The first-order valence-corrected chi connectivity index (χ1v) is 7.53. The number of halogens is 1. The molecule has 0 atom stereocenters. The molecule has 19 heavy (non-hydrogen) atoms. The minimum absolute atomic E-state index is 0. The highest BCUT2D eigenvalue weighted by Crippen LogP contribution is 2.31. The zero-order chi connectivity index (χ0) is 12.8. The lowest BCUT2D eigenvalue weighted by Gasteiger charge is -2.10. The molecule has 1 fully saturated rings. The summed E-state index contributed by atoms with van der Waals surface area (Å²) >= 11 is 2.03. The van der Waals surface area contributed by atoms with Gasteiger partial charge in [0.2, 0.25) is 5.91 Å². The second kappa shape index (κ2) is 8.46. The molecule has 1 aromatic carbocycles. The fourth-order valence-corrected chi connectivity index (χ4v) is 3.49. The number of nitrogens with two attached hydrogens (primary N) is 1. The first-order valence-electron chi connectivity index (χ1n) is 6.48. The molecule has 0 bridgehead atoms. The molecule has 0 saturated heterocycles. The van der Waals surface area contributed by atoms with Gasteiger partial charge in [0.1, 0.15) is 0 Å². The second-order valence-corrected chi connectivity index (χ2v) is 5.96. The van der Waals surface area contributed by atoms with Gasteiger partial charge in [-0.05, 0) is 30.5 Å². The molecular formula is C14H21ClN2OS. The van der Waals surface area contributed by atoms with Gasteiger partial charge in [-0.25, -0.2) is 0 Å². The van der Waals surface area contributed by atoms with E-state index in [0.717, 1.165) is 16.7 Å². The van der Waals surface area contributed by atoms with Crippen molar-refractivity contribution in [3.8, 4) is 0 Å². The Bertz CT molecular complexity index is 408. The van der Waals surface area contributed by atoms with Crippen LogP contribution in [0.4, 0.5) is 5.69 Å². The van der Waals surface area contributed by atoms with E-state index < -0.39 is 0 Å². The summed E-state index contributed by atoms with van der Waals surface area (Å²) in [5.74, 6) is 0.882. The van der Waals surface area contributed by atoms with Gasteiger partial charge in [-0.15, -0.1) is 12.4 Å². The third kappa shape index (κ3) is 5.43. The molecule has 2 rings (SSSR count). The van der Waals surface area contributed by atoms with Crippen molar-refractivity contribution < 1.29 is 4.79 Å². The predicted octanol–water partition coefficient (Wildman–Crippen LogP) is 3.18. The smallest absolute Gasteiger partial charge is 0.238 e. The van der Waals surface area contributed by atoms with Crippen molar-refractivity contribution in [3.05, 3.63) is 29.8 Å². The lowest BCUT2D eigenvalue weighted by atomic mass is 10.2. The maximum absolute atomic E-state index is 11.2. The lowest BCUT2D eigenvalue weighted by molar-refractivity contribution is -0.114. The lowest BCUT2D eigenvalue weighted by Crippen LogP contribution is -2.21. The fourth-order valence-electron chi connectivity index (χ4n) is 2.22. The molecule has 1 amide bonds. The van der Waals surface area contributed by atoms with Crippen LogP contribution in [0.15, 0.2) is 24.3 Å². The third-order valence-electron chi connectivity index (χ3n) is 3.18. The summed E-state index contributed by atoms with van der Waals surface area (Å²) in [7, 11) is 0. The van der Waals surface area contributed by atoms with E-state index in [2.05, 4.69) is 11.4 Å². The molecule has 1 saturated carbocycles. The maximum atomic E-state index is 11.2. The highest BCUT2D eigenvalue weighted by molar-refractivity contribution is 7.99. The molecule has 106 valence electrons. The third-order valence-corrected chi connectivity index (χ3v) is 4.63. The van der Waals surface area contributed by atoms with Crippen LogP contribution in [-0.4, -0.2) is 17.7 Å². The van der Waals surface area contributed by atoms with E-state index in [-0.39, 0.29) is 24.9 Å². The van der Waals surface area contributed by atoms with Gasteiger partial charge in [0.15, 0.2) is 0 Å². The molecule has 1 aromatic rings. The molecule has 0 unspecified atom stereocenters. The van der Waals surface area contributed by atoms with E-state index in [0.29, 0.717) is 0 Å². The van der Waals surface area contributed by atoms with Gasteiger partial charge < -0.3 is 11.1 Å². The van der Waals surface area contributed by atoms with Crippen LogP contribution in [0.5, 0.6) is 0 Å². The quantitative estimate of drug-likeness (QED) is 0.878. The standard InChI is InChI=1S/C14H20N2OS.ClH/c15-9-14(17)16-12-5-3-4-11(8-12)10-18-13-6-1-2-7-13;/h3-5,8,13H,1-2,6-7,9-10,15H2,(H,16,17);1H. The molecule has 1 aliphatic carbocycles. The topological polar surface area (TPSA) is 55.1 Å². The Hall–Kier alpha value is -0.710. The van der Waals surface area contributed by atoms with E-state index in [1.165, 1.54) is 31.2 Å². The van der Waals surface area contributed by atoms with Gasteiger partial charge in [-0.1, -0.05) is 25.0 Å². The monoisotopic (exact) mass is 300 g/mol. The molecule has 0 heterocycles. The van der Waals surface area contributed by atoms with Crippen molar-refractivity contribution in [2.45, 2.75) is 36.7 Å². The highest BCUT2D eigenvalue weighted by atomic mass is 35.5. The first kappa shape index (κ1) is 16.3. The number of amides is 1. The van der Waals surface area contributed by atoms with Crippen molar-refractivity contribution >= 4 is 35.8 Å². The minimum atomic E-state index is -0.143. The van der Waals surface area contributed by atoms with Crippen molar-refractivity contribution in [1.29, 1.82) is 0 Å². The fraction of sp³-hybridized carbons (Fsp3) is 0.500. The number of thioether (sulfide) groups is 1. The molecule has 0 spiro atoms. The van der Waals surface area contributed by atoms with Gasteiger partial charge in [0.05, 0.1) is 6.54 Å². The number of nitrogens with one attached hydrogen (secondary N) is 1. The molecular weight excluding hydrogens is 280 g/mol. The summed E-state index contributed by atoms with van der Waals surface area (Å²) in [5, 5.41) is 3.61. The minimum Gasteiger partial charge on any atom is -0.325 e. The normalized spacial score (nSPS) is 15.0. The van der Waals surface area contributed by atoms with Crippen molar-refractivity contribution in [1.82, 2.24) is 0 Å². The van der Waals surface area contributed by atoms with E-state index in [9.17, 15) is 4.79 Å². The zero-order valence-corrected chi connectivity index (χ0v) is 12.6. The summed E-state index contributed by atoms with van der Waals surface area (Å²) in [6, 6.07) is 8.03. The summed E-state index contributed by atoms with van der Waals surface area (Å²) in [6.07, 6.45) is 5.47. The van der Waals surface area contributed by atoms with Crippen molar-refractivity contribution in [2.75, 3.05) is 11.9 Å². The molecule has 0 aromatic heterocycles. The van der Waals surface area contributed by atoms with Gasteiger partial charge in [0.25, 0.3) is 0 Å². The predicted molar refractivity (Wildman–Crippen MR) is 84.9 cm³/mol. The van der Waals surface area contributed by atoms with Crippen LogP contribution in [0, 0.1) is 0 Å². The molecule has 1 aliphatic rings. The highest BCUT2D eigenvalue weighted by Gasteiger charge is 2.15. The Kier molecular flexibility index (Phi) is 7.28. The van der Waals surface area contributed by atoms with Crippen LogP contribution < -0.4 is 11.1 Å². The Morgan fingerprint density at radius 3 is 2.79 bits per heavy atom. The van der Waals surface area contributed by atoms with Gasteiger partial charge in [-0.2, -0.15) is 11.8 Å². The second-order valence-electron chi connectivity index (χ2n) is 4.67. The van der Waals surface area contributed by atoms with Crippen LogP contribution >= 0.6 is 24.2 Å². The van der Waals surface area contributed by atoms with Crippen LogP contribution in [0.2, 0.25) is 0 Å². The SMILES string of the molecule is Cl.NCC(=O)Nc1cccc(CSC2CCCC2)c1. The largest absolute Gasteiger partial charge is 0.325 e. The molecule has 0 aliphatic heterocycles. The molecule has 3 N–H and O–H groups in total. The number of carbonyl (C=O) groups is 1. The molecule has 3 nitrogen and oxygen atoms in total. The van der Waals surface area contributed by atoms with Gasteiger partial charge >= 0.3 is 0 Å². The Morgan fingerprint density at radius 1 is 1.37 bits per heavy atom. The van der Waals surface area contributed by atoms with Gasteiger partial charge in [-0.3, -0.25) is 4.79 Å². The summed E-state index contributed by atoms with van der Waals surface area (Å²) < 4.78 is 0. The van der Waals surface area contributed by atoms with Crippen molar-refractivity contribution in [3.63, 3.8) is 0 Å². The summed E-state index contributed by atoms with van der Waals surface area (Å²) in [4.78, 5) is 11.2. The maximum Gasteiger partial charge on any atom is 0.238 e. The number of anilines is 1. The van der Waals surface area contributed by atoms with Crippen molar-refractivity contribution in [2.24, 2.45) is 5.73 Å². The van der Waals surface area contributed by atoms with E-state index in [1.54, 1.807) is 0 Å².